The van der Waals surface area contributed by atoms with Crippen LogP contribution in [-0.2, 0) is 17.8 Å². The van der Waals surface area contributed by atoms with Crippen LogP contribution in [0.4, 0.5) is 0 Å². The fourth-order valence-corrected chi connectivity index (χ4v) is 3.73. The number of rotatable bonds is 7. The standard InChI is InChI=1S/C22H27ClN2O2/c1-27-21-7-5-17(6-8-21)9-12-24-22(26)19-10-13-25(14-11-19)16-18-3-2-4-20(23)15-18/h2-8,15,19H,9-14,16H2,1H3,(H,24,26). The molecule has 0 aromatic heterocycles. The number of nitrogens with one attached hydrogen (secondary N) is 1. The first-order valence-corrected chi connectivity index (χ1v) is 9.89. The van der Waals surface area contributed by atoms with Crippen molar-refractivity contribution in [3.63, 3.8) is 0 Å². The number of amides is 1. The first-order valence-electron chi connectivity index (χ1n) is 9.51. The van der Waals surface area contributed by atoms with Crippen molar-refractivity contribution >= 4 is 17.5 Å². The van der Waals surface area contributed by atoms with Gasteiger partial charge in [0.05, 0.1) is 7.11 Å². The Hall–Kier alpha value is -2.04. The van der Waals surface area contributed by atoms with Crippen LogP contribution in [0.1, 0.15) is 24.0 Å². The second kappa shape index (κ2) is 9.77. The van der Waals surface area contributed by atoms with E-state index in [0.29, 0.717) is 6.54 Å². The number of benzene rings is 2. The minimum Gasteiger partial charge on any atom is -0.497 e. The summed E-state index contributed by atoms with van der Waals surface area (Å²) < 4.78 is 5.16. The number of hydrogen-bond donors (Lipinski definition) is 1. The number of carbonyl (C=O) groups excluding carboxylic acids is 1. The van der Waals surface area contributed by atoms with E-state index in [4.69, 9.17) is 16.3 Å². The zero-order valence-corrected chi connectivity index (χ0v) is 16.5. The Kier molecular flexibility index (Phi) is 7.13. The fourth-order valence-electron chi connectivity index (χ4n) is 3.51. The third kappa shape index (κ3) is 5.98. The number of halogens is 1. The highest BCUT2D eigenvalue weighted by Crippen LogP contribution is 2.20. The first kappa shape index (κ1) is 19.7. The molecule has 0 bridgehead atoms. The van der Waals surface area contributed by atoms with Gasteiger partial charge in [-0.15, -0.1) is 0 Å². The van der Waals surface area contributed by atoms with Crippen molar-refractivity contribution in [1.29, 1.82) is 0 Å². The van der Waals surface area contributed by atoms with Gasteiger partial charge in [-0.3, -0.25) is 9.69 Å². The van der Waals surface area contributed by atoms with Gasteiger partial charge in [0.25, 0.3) is 0 Å². The molecule has 2 aromatic carbocycles. The molecular weight excluding hydrogens is 360 g/mol. The van der Waals surface area contributed by atoms with E-state index < -0.39 is 0 Å². The molecule has 0 atom stereocenters. The van der Waals surface area contributed by atoms with Crippen LogP contribution in [0.2, 0.25) is 5.02 Å². The Labute approximate surface area is 166 Å². The minimum atomic E-state index is 0.122. The molecule has 1 aliphatic heterocycles. The molecule has 3 rings (SSSR count). The number of piperidine rings is 1. The maximum Gasteiger partial charge on any atom is 0.223 e. The first-order chi connectivity index (χ1) is 13.1. The quantitative estimate of drug-likeness (QED) is 0.784. The molecule has 1 N–H and O–H groups in total. The molecule has 0 spiro atoms. The summed E-state index contributed by atoms with van der Waals surface area (Å²) in [6, 6.07) is 16.0. The molecule has 2 aromatic rings. The van der Waals surface area contributed by atoms with Gasteiger partial charge in [-0.1, -0.05) is 35.9 Å². The summed E-state index contributed by atoms with van der Waals surface area (Å²) >= 11 is 6.06. The third-order valence-electron chi connectivity index (χ3n) is 5.13. The highest BCUT2D eigenvalue weighted by Gasteiger charge is 2.24. The smallest absolute Gasteiger partial charge is 0.223 e. The van der Waals surface area contributed by atoms with Crippen LogP contribution in [0, 0.1) is 5.92 Å². The maximum absolute atomic E-state index is 12.4. The second-order valence-electron chi connectivity index (χ2n) is 7.07. The lowest BCUT2D eigenvalue weighted by Gasteiger charge is -2.31. The predicted molar refractivity (Wildman–Crippen MR) is 109 cm³/mol. The van der Waals surface area contributed by atoms with Gasteiger partial charge >= 0.3 is 0 Å². The molecule has 1 amide bonds. The number of ether oxygens (including phenoxy) is 1. The van der Waals surface area contributed by atoms with Crippen LogP contribution in [0.25, 0.3) is 0 Å². The third-order valence-corrected chi connectivity index (χ3v) is 5.36. The summed E-state index contributed by atoms with van der Waals surface area (Å²) in [4.78, 5) is 14.8. The molecule has 0 unspecified atom stereocenters. The molecule has 1 aliphatic rings. The van der Waals surface area contributed by atoms with Crippen molar-refractivity contribution in [2.24, 2.45) is 5.92 Å². The Balaban J connectivity index is 1.37. The summed E-state index contributed by atoms with van der Waals surface area (Å²) in [7, 11) is 1.66. The van der Waals surface area contributed by atoms with Gasteiger partial charge < -0.3 is 10.1 Å². The van der Waals surface area contributed by atoms with Gasteiger partial charge in [0.2, 0.25) is 5.91 Å². The van der Waals surface area contributed by atoms with Crippen molar-refractivity contribution < 1.29 is 9.53 Å². The fraction of sp³-hybridized carbons (Fsp3) is 0.409. The van der Waals surface area contributed by atoms with Crippen molar-refractivity contribution in [1.82, 2.24) is 10.2 Å². The highest BCUT2D eigenvalue weighted by molar-refractivity contribution is 6.30. The number of carbonyl (C=O) groups is 1. The summed E-state index contributed by atoms with van der Waals surface area (Å²) in [6.07, 6.45) is 2.66. The monoisotopic (exact) mass is 386 g/mol. The summed E-state index contributed by atoms with van der Waals surface area (Å²) in [5.74, 6) is 1.16. The Bertz CT molecular complexity index is 740. The number of nitrogens with zero attached hydrogens (tertiary/aromatic N) is 1. The van der Waals surface area contributed by atoms with E-state index in [1.54, 1.807) is 7.11 Å². The molecule has 1 fully saturated rings. The van der Waals surface area contributed by atoms with Crippen molar-refractivity contribution in [3.8, 4) is 5.75 Å². The van der Waals surface area contributed by atoms with Crippen LogP contribution < -0.4 is 10.1 Å². The average molecular weight is 387 g/mol. The van der Waals surface area contributed by atoms with Gasteiger partial charge in [-0.2, -0.15) is 0 Å². The second-order valence-corrected chi connectivity index (χ2v) is 7.51. The lowest BCUT2D eigenvalue weighted by Crippen LogP contribution is -2.40. The molecule has 0 radical (unpaired) electrons. The Morgan fingerprint density at radius 1 is 1.15 bits per heavy atom. The van der Waals surface area contributed by atoms with Crippen LogP contribution in [-0.4, -0.2) is 37.6 Å². The van der Waals surface area contributed by atoms with E-state index in [-0.39, 0.29) is 11.8 Å². The van der Waals surface area contributed by atoms with E-state index in [1.165, 1.54) is 11.1 Å². The van der Waals surface area contributed by atoms with Crippen molar-refractivity contribution in [2.45, 2.75) is 25.8 Å². The molecule has 0 aliphatic carbocycles. The molecular formula is C22H27ClN2O2. The molecule has 4 nitrogen and oxygen atoms in total. The molecule has 144 valence electrons. The van der Waals surface area contributed by atoms with E-state index >= 15 is 0 Å². The van der Waals surface area contributed by atoms with Gasteiger partial charge in [0.1, 0.15) is 5.75 Å². The van der Waals surface area contributed by atoms with Crippen molar-refractivity contribution in [3.05, 3.63) is 64.7 Å². The molecule has 1 saturated heterocycles. The normalized spacial score (nSPS) is 15.5. The van der Waals surface area contributed by atoms with E-state index in [1.807, 2.05) is 42.5 Å². The Morgan fingerprint density at radius 3 is 2.56 bits per heavy atom. The van der Waals surface area contributed by atoms with Gasteiger partial charge in [0, 0.05) is 24.0 Å². The van der Waals surface area contributed by atoms with Crippen LogP contribution in [0.3, 0.4) is 0 Å². The van der Waals surface area contributed by atoms with Gasteiger partial charge in [-0.05, 0) is 67.7 Å². The number of likely N-dealkylation sites (tertiary alicyclic amines) is 1. The van der Waals surface area contributed by atoms with E-state index in [0.717, 1.165) is 49.7 Å². The van der Waals surface area contributed by atoms with Crippen LogP contribution in [0.5, 0.6) is 5.75 Å². The summed E-state index contributed by atoms with van der Waals surface area (Å²) in [5.41, 5.74) is 2.43. The largest absolute Gasteiger partial charge is 0.497 e. The lowest BCUT2D eigenvalue weighted by molar-refractivity contribution is -0.126. The van der Waals surface area contributed by atoms with Gasteiger partial charge in [-0.25, -0.2) is 0 Å². The minimum absolute atomic E-state index is 0.122. The molecule has 0 saturated carbocycles. The molecule has 1 heterocycles. The molecule has 27 heavy (non-hydrogen) atoms. The zero-order valence-electron chi connectivity index (χ0n) is 15.8. The van der Waals surface area contributed by atoms with Crippen molar-refractivity contribution in [2.75, 3.05) is 26.7 Å². The van der Waals surface area contributed by atoms with E-state index in [2.05, 4.69) is 16.3 Å². The predicted octanol–water partition coefficient (Wildman–Crippen LogP) is 3.92. The zero-order chi connectivity index (χ0) is 19.1. The summed E-state index contributed by atoms with van der Waals surface area (Å²) in [5, 5.41) is 3.87. The summed E-state index contributed by atoms with van der Waals surface area (Å²) in [6.45, 7) is 3.46. The van der Waals surface area contributed by atoms with Crippen LogP contribution >= 0.6 is 11.6 Å². The van der Waals surface area contributed by atoms with Crippen LogP contribution in [0.15, 0.2) is 48.5 Å². The molecule has 5 heteroatoms. The number of hydrogen-bond acceptors (Lipinski definition) is 3. The maximum atomic E-state index is 12.4. The number of methoxy groups -OCH3 is 1. The van der Waals surface area contributed by atoms with E-state index in [9.17, 15) is 4.79 Å². The SMILES string of the molecule is COc1ccc(CCNC(=O)C2CCN(Cc3cccc(Cl)c3)CC2)cc1. The lowest BCUT2D eigenvalue weighted by atomic mass is 9.95. The topological polar surface area (TPSA) is 41.6 Å². The average Bonchev–Trinajstić information content (AvgIpc) is 2.69. The highest BCUT2D eigenvalue weighted by atomic mass is 35.5. The van der Waals surface area contributed by atoms with Gasteiger partial charge in [0.15, 0.2) is 0 Å². The Morgan fingerprint density at radius 2 is 1.89 bits per heavy atom.